The second kappa shape index (κ2) is 8.79. The van der Waals surface area contributed by atoms with Crippen molar-refractivity contribution in [3.05, 3.63) is 41.7 Å². The molecule has 0 saturated heterocycles. The highest BCUT2D eigenvalue weighted by atomic mass is 16.2. The van der Waals surface area contributed by atoms with Gasteiger partial charge in [0.2, 0.25) is 5.91 Å². The summed E-state index contributed by atoms with van der Waals surface area (Å²) in [5.74, 6) is -0.0874. The fourth-order valence-corrected chi connectivity index (χ4v) is 3.52. The zero-order valence-corrected chi connectivity index (χ0v) is 16.1. The van der Waals surface area contributed by atoms with Crippen molar-refractivity contribution in [1.82, 2.24) is 19.9 Å². The standard InChI is InChI=1S/C20H27N5O2/c1-16(26)25-13-9-5-3-4-8-12-24(14-17-10-6-7-11-19(17)25)20(27)18-15-23(2)22-21-18/h6-7,10-11,15H,3-5,8-9,12-14H2,1-2H3. The molecule has 144 valence electrons. The van der Waals surface area contributed by atoms with Crippen LogP contribution in [-0.2, 0) is 18.4 Å². The minimum absolute atomic E-state index is 0.0336. The number of hydrogen-bond acceptors (Lipinski definition) is 4. The molecule has 1 aromatic heterocycles. The topological polar surface area (TPSA) is 71.3 Å². The maximum atomic E-state index is 13.0. The zero-order valence-electron chi connectivity index (χ0n) is 16.1. The SMILES string of the molecule is CC(=O)N1CCCCCCCN(C(=O)c2cn(C)nn2)Cc2ccccc21. The third-order valence-electron chi connectivity index (χ3n) is 4.94. The normalized spacial score (nSPS) is 16.2. The average molecular weight is 369 g/mol. The molecule has 2 heterocycles. The second-order valence-electron chi connectivity index (χ2n) is 7.07. The van der Waals surface area contributed by atoms with Crippen molar-refractivity contribution in [2.45, 2.75) is 45.6 Å². The smallest absolute Gasteiger partial charge is 0.276 e. The van der Waals surface area contributed by atoms with Crippen molar-refractivity contribution in [2.75, 3.05) is 18.0 Å². The molecular formula is C20H27N5O2. The number of aryl methyl sites for hydroxylation is 1. The summed E-state index contributed by atoms with van der Waals surface area (Å²) in [7, 11) is 1.75. The summed E-state index contributed by atoms with van der Waals surface area (Å²) in [6, 6.07) is 7.85. The number of para-hydroxylation sites is 1. The van der Waals surface area contributed by atoms with Crippen LogP contribution in [0.3, 0.4) is 0 Å². The largest absolute Gasteiger partial charge is 0.333 e. The maximum absolute atomic E-state index is 13.0. The van der Waals surface area contributed by atoms with E-state index in [2.05, 4.69) is 10.3 Å². The molecule has 0 bridgehead atoms. The average Bonchev–Trinajstić information content (AvgIpc) is 3.08. The molecule has 0 radical (unpaired) electrons. The van der Waals surface area contributed by atoms with Crippen molar-refractivity contribution in [3.63, 3.8) is 0 Å². The third kappa shape index (κ3) is 4.72. The predicted molar refractivity (Wildman–Crippen MR) is 103 cm³/mol. The lowest BCUT2D eigenvalue weighted by atomic mass is 10.1. The van der Waals surface area contributed by atoms with E-state index < -0.39 is 0 Å². The molecule has 3 rings (SSSR count). The number of fused-ring (bicyclic) bond motifs is 1. The zero-order chi connectivity index (χ0) is 19.2. The Morgan fingerprint density at radius 1 is 1.00 bits per heavy atom. The highest BCUT2D eigenvalue weighted by Gasteiger charge is 2.22. The van der Waals surface area contributed by atoms with Gasteiger partial charge < -0.3 is 9.80 Å². The van der Waals surface area contributed by atoms with Crippen LogP contribution < -0.4 is 4.90 Å². The van der Waals surface area contributed by atoms with Crippen molar-refractivity contribution in [2.24, 2.45) is 7.05 Å². The van der Waals surface area contributed by atoms with Gasteiger partial charge in [0.15, 0.2) is 5.69 Å². The highest BCUT2D eigenvalue weighted by Crippen LogP contribution is 2.24. The number of hydrogen-bond donors (Lipinski definition) is 0. The summed E-state index contributed by atoms with van der Waals surface area (Å²) in [5, 5.41) is 7.86. The number of carbonyl (C=O) groups excluding carboxylic acids is 2. The Kier molecular flexibility index (Phi) is 6.21. The molecule has 1 aromatic carbocycles. The van der Waals surface area contributed by atoms with E-state index in [0.29, 0.717) is 25.3 Å². The second-order valence-corrected chi connectivity index (χ2v) is 7.07. The van der Waals surface area contributed by atoms with Crippen LogP contribution >= 0.6 is 0 Å². The lowest BCUT2D eigenvalue weighted by molar-refractivity contribution is -0.116. The van der Waals surface area contributed by atoms with Gasteiger partial charge in [-0.25, -0.2) is 0 Å². The van der Waals surface area contributed by atoms with Gasteiger partial charge in [0.1, 0.15) is 0 Å². The molecule has 0 aliphatic carbocycles. The van der Waals surface area contributed by atoms with Gasteiger partial charge in [0.05, 0.1) is 6.20 Å². The predicted octanol–water partition coefficient (Wildman–Crippen LogP) is 2.77. The van der Waals surface area contributed by atoms with Crippen LogP contribution in [0.2, 0.25) is 0 Å². The lowest BCUT2D eigenvalue weighted by Gasteiger charge is -2.28. The quantitative estimate of drug-likeness (QED) is 0.775. The molecule has 27 heavy (non-hydrogen) atoms. The fourth-order valence-electron chi connectivity index (χ4n) is 3.52. The fraction of sp³-hybridized carbons (Fsp3) is 0.500. The Bertz CT molecular complexity index is 801. The van der Waals surface area contributed by atoms with Crippen LogP contribution in [0.1, 0.15) is 55.1 Å². The summed E-state index contributed by atoms with van der Waals surface area (Å²) in [6.07, 6.45) is 6.88. The first-order chi connectivity index (χ1) is 13.1. The molecule has 1 aliphatic heterocycles. The van der Waals surface area contributed by atoms with Gasteiger partial charge in [-0.3, -0.25) is 14.3 Å². The Balaban J connectivity index is 1.93. The van der Waals surface area contributed by atoms with E-state index in [0.717, 1.165) is 43.4 Å². The van der Waals surface area contributed by atoms with Crippen LogP contribution in [0.4, 0.5) is 5.69 Å². The van der Waals surface area contributed by atoms with Gasteiger partial charge in [-0.2, -0.15) is 0 Å². The number of rotatable bonds is 1. The van der Waals surface area contributed by atoms with Crippen molar-refractivity contribution >= 4 is 17.5 Å². The van der Waals surface area contributed by atoms with Crippen molar-refractivity contribution < 1.29 is 9.59 Å². The van der Waals surface area contributed by atoms with E-state index in [-0.39, 0.29) is 11.8 Å². The first-order valence-corrected chi connectivity index (χ1v) is 9.58. The summed E-state index contributed by atoms with van der Waals surface area (Å²) in [6.45, 7) is 3.44. The minimum Gasteiger partial charge on any atom is -0.333 e. The highest BCUT2D eigenvalue weighted by molar-refractivity contribution is 5.93. The molecule has 0 fully saturated rings. The molecule has 2 aromatic rings. The molecular weight excluding hydrogens is 342 g/mol. The van der Waals surface area contributed by atoms with Crippen LogP contribution in [0, 0.1) is 0 Å². The number of carbonyl (C=O) groups is 2. The lowest BCUT2D eigenvalue weighted by Crippen LogP contribution is -2.35. The molecule has 0 unspecified atom stereocenters. The Hall–Kier alpha value is -2.70. The Morgan fingerprint density at radius 3 is 2.41 bits per heavy atom. The van der Waals surface area contributed by atoms with Crippen molar-refractivity contribution in [3.8, 4) is 0 Å². The molecule has 2 amide bonds. The summed E-state index contributed by atoms with van der Waals surface area (Å²) >= 11 is 0. The van der Waals surface area contributed by atoms with Crippen LogP contribution in [0.25, 0.3) is 0 Å². The molecule has 0 saturated carbocycles. The third-order valence-corrected chi connectivity index (χ3v) is 4.94. The van der Waals surface area contributed by atoms with Gasteiger partial charge in [0, 0.05) is 39.3 Å². The van der Waals surface area contributed by atoms with Gasteiger partial charge in [-0.1, -0.05) is 42.7 Å². The summed E-state index contributed by atoms with van der Waals surface area (Å²) in [5.41, 5.74) is 2.22. The van der Waals surface area contributed by atoms with E-state index in [4.69, 9.17) is 0 Å². The molecule has 1 aliphatic rings. The molecule has 0 atom stereocenters. The summed E-state index contributed by atoms with van der Waals surface area (Å²) in [4.78, 5) is 28.9. The van der Waals surface area contributed by atoms with Gasteiger partial charge in [0.25, 0.3) is 5.91 Å². The van der Waals surface area contributed by atoms with Gasteiger partial charge >= 0.3 is 0 Å². The van der Waals surface area contributed by atoms with Gasteiger partial charge in [-0.15, -0.1) is 5.10 Å². The monoisotopic (exact) mass is 369 g/mol. The molecule has 0 spiro atoms. The molecule has 7 nitrogen and oxygen atoms in total. The van der Waals surface area contributed by atoms with E-state index in [1.807, 2.05) is 34.1 Å². The van der Waals surface area contributed by atoms with Crippen LogP contribution in [0.5, 0.6) is 0 Å². The maximum Gasteiger partial charge on any atom is 0.276 e. The number of aromatic nitrogens is 3. The van der Waals surface area contributed by atoms with Gasteiger partial charge in [-0.05, 0) is 24.5 Å². The van der Waals surface area contributed by atoms with E-state index >= 15 is 0 Å². The number of anilines is 1. The Morgan fingerprint density at radius 2 is 1.70 bits per heavy atom. The van der Waals surface area contributed by atoms with E-state index in [1.54, 1.807) is 20.2 Å². The Labute approximate surface area is 160 Å². The van der Waals surface area contributed by atoms with E-state index in [1.165, 1.54) is 4.68 Å². The molecule has 7 heteroatoms. The number of benzene rings is 1. The number of amides is 2. The van der Waals surface area contributed by atoms with Crippen molar-refractivity contribution in [1.29, 1.82) is 0 Å². The van der Waals surface area contributed by atoms with E-state index in [9.17, 15) is 9.59 Å². The molecule has 0 N–H and O–H groups in total. The van der Waals surface area contributed by atoms with Crippen LogP contribution in [-0.4, -0.2) is 44.8 Å². The van der Waals surface area contributed by atoms with Crippen LogP contribution in [0.15, 0.2) is 30.5 Å². The first kappa shape index (κ1) is 19.1. The summed E-state index contributed by atoms with van der Waals surface area (Å²) < 4.78 is 1.54. The minimum atomic E-state index is -0.121. The number of nitrogens with zero attached hydrogens (tertiary/aromatic N) is 5. The first-order valence-electron chi connectivity index (χ1n) is 9.58.